The number of ether oxygens (including phenoxy) is 1. The lowest BCUT2D eigenvalue weighted by Gasteiger charge is -2.25. The SMILES string of the molecule is CC(C)Oc1cccnc1N(CCC#N)C1CC1. The smallest absolute Gasteiger partial charge is 0.171 e. The second-order valence-corrected chi connectivity index (χ2v) is 4.82. The van der Waals surface area contributed by atoms with Gasteiger partial charge < -0.3 is 9.64 Å². The van der Waals surface area contributed by atoms with Crippen molar-refractivity contribution >= 4 is 5.82 Å². The lowest BCUT2D eigenvalue weighted by atomic mass is 10.3. The first-order valence-electron chi connectivity index (χ1n) is 6.47. The van der Waals surface area contributed by atoms with Crippen molar-refractivity contribution in [3.05, 3.63) is 18.3 Å². The van der Waals surface area contributed by atoms with Crippen molar-refractivity contribution in [2.75, 3.05) is 11.4 Å². The van der Waals surface area contributed by atoms with E-state index in [1.807, 2.05) is 26.0 Å². The Bertz CT molecular complexity index is 435. The highest BCUT2D eigenvalue weighted by atomic mass is 16.5. The lowest BCUT2D eigenvalue weighted by Crippen LogP contribution is -2.28. The van der Waals surface area contributed by atoms with Gasteiger partial charge in [-0.05, 0) is 38.8 Å². The Labute approximate surface area is 108 Å². The van der Waals surface area contributed by atoms with E-state index in [1.165, 1.54) is 12.8 Å². The number of nitriles is 1. The number of aromatic nitrogens is 1. The average Bonchev–Trinajstić information content (AvgIpc) is 3.15. The molecular formula is C14H19N3O. The van der Waals surface area contributed by atoms with Crippen molar-refractivity contribution in [3.8, 4) is 11.8 Å². The van der Waals surface area contributed by atoms with E-state index in [4.69, 9.17) is 10.00 Å². The standard InChI is InChI=1S/C14H19N3O/c1-11(2)18-13-5-3-9-16-14(13)17(10-4-8-15)12-6-7-12/h3,5,9,11-12H,4,6-7,10H2,1-2H3. The fourth-order valence-corrected chi connectivity index (χ4v) is 1.96. The quantitative estimate of drug-likeness (QED) is 0.773. The minimum absolute atomic E-state index is 0.130. The zero-order valence-corrected chi connectivity index (χ0v) is 11.0. The van der Waals surface area contributed by atoms with Gasteiger partial charge in [0.15, 0.2) is 11.6 Å². The van der Waals surface area contributed by atoms with Gasteiger partial charge in [-0.15, -0.1) is 0 Å². The predicted molar refractivity (Wildman–Crippen MR) is 70.6 cm³/mol. The minimum atomic E-state index is 0.130. The molecule has 1 heterocycles. The molecular weight excluding hydrogens is 226 g/mol. The van der Waals surface area contributed by atoms with Crippen molar-refractivity contribution in [2.45, 2.75) is 45.3 Å². The first kappa shape index (κ1) is 12.7. The van der Waals surface area contributed by atoms with Gasteiger partial charge in [0.2, 0.25) is 0 Å². The number of hydrogen-bond donors (Lipinski definition) is 0. The molecule has 96 valence electrons. The van der Waals surface area contributed by atoms with Crippen LogP contribution in [0.5, 0.6) is 5.75 Å². The predicted octanol–water partition coefficient (Wildman–Crippen LogP) is 2.75. The molecule has 1 aliphatic carbocycles. The summed E-state index contributed by atoms with van der Waals surface area (Å²) in [6.45, 7) is 4.74. The van der Waals surface area contributed by atoms with Crippen LogP contribution in [0.3, 0.4) is 0 Å². The van der Waals surface area contributed by atoms with Gasteiger partial charge >= 0.3 is 0 Å². The Kier molecular flexibility index (Phi) is 4.03. The molecule has 0 bridgehead atoms. The number of hydrogen-bond acceptors (Lipinski definition) is 4. The zero-order valence-electron chi connectivity index (χ0n) is 11.0. The van der Waals surface area contributed by atoms with E-state index in [2.05, 4.69) is 16.0 Å². The third-order valence-electron chi connectivity index (χ3n) is 2.84. The van der Waals surface area contributed by atoms with E-state index < -0.39 is 0 Å². The Morgan fingerprint density at radius 3 is 2.94 bits per heavy atom. The molecule has 0 spiro atoms. The summed E-state index contributed by atoms with van der Waals surface area (Å²) >= 11 is 0. The average molecular weight is 245 g/mol. The summed E-state index contributed by atoms with van der Waals surface area (Å²) in [7, 11) is 0. The molecule has 0 amide bonds. The molecule has 0 aromatic carbocycles. The maximum absolute atomic E-state index is 8.75. The third-order valence-corrected chi connectivity index (χ3v) is 2.84. The topological polar surface area (TPSA) is 49.1 Å². The summed E-state index contributed by atoms with van der Waals surface area (Å²) in [6.07, 6.45) is 4.80. The van der Waals surface area contributed by atoms with Crippen LogP contribution in [-0.2, 0) is 0 Å². The van der Waals surface area contributed by atoms with Gasteiger partial charge in [0.25, 0.3) is 0 Å². The maximum Gasteiger partial charge on any atom is 0.171 e. The summed E-state index contributed by atoms with van der Waals surface area (Å²) < 4.78 is 5.80. The van der Waals surface area contributed by atoms with E-state index in [9.17, 15) is 0 Å². The second kappa shape index (κ2) is 5.72. The molecule has 1 saturated carbocycles. The Morgan fingerprint density at radius 2 is 2.33 bits per heavy atom. The molecule has 0 atom stereocenters. The van der Waals surface area contributed by atoms with Gasteiger partial charge in [0.05, 0.1) is 18.6 Å². The van der Waals surface area contributed by atoms with Gasteiger partial charge in [0, 0.05) is 18.8 Å². The molecule has 0 radical (unpaired) electrons. The molecule has 1 aromatic rings. The molecule has 18 heavy (non-hydrogen) atoms. The largest absolute Gasteiger partial charge is 0.487 e. The van der Waals surface area contributed by atoms with Crippen LogP contribution in [-0.4, -0.2) is 23.7 Å². The van der Waals surface area contributed by atoms with Gasteiger partial charge in [-0.25, -0.2) is 4.98 Å². The normalized spacial score (nSPS) is 14.3. The van der Waals surface area contributed by atoms with Crippen LogP contribution in [0, 0.1) is 11.3 Å². The molecule has 0 N–H and O–H groups in total. The van der Waals surface area contributed by atoms with Crippen molar-refractivity contribution < 1.29 is 4.74 Å². The van der Waals surface area contributed by atoms with Gasteiger partial charge in [-0.2, -0.15) is 5.26 Å². The highest BCUT2D eigenvalue weighted by molar-refractivity contribution is 5.54. The van der Waals surface area contributed by atoms with Crippen molar-refractivity contribution in [2.24, 2.45) is 0 Å². The molecule has 0 aliphatic heterocycles. The Balaban J connectivity index is 2.20. The van der Waals surface area contributed by atoms with Crippen molar-refractivity contribution in [1.82, 2.24) is 4.98 Å². The molecule has 2 rings (SSSR count). The lowest BCUT2D eigenvalue weighted by molar-refractivity contribution is 0.242. The summed E-state index contributed by atoms with van der Waals surface area (Å²) in [4.78, 5) is 6.65. The molecule has 0 saturated heterocycles. The van der Waals surface area contributed by atoms with Crippen LogP contribution in [0.4, 0.5) is 5.82 Å². The monoisotopic (exact) mass is 245 g/mol. The van der Waals surface area contributed by atoms with Gasteiger partial charge in [-0.1, -0.05) is 0 Å². The molecule has 4 nitrogen and oxygen atoms in total. The summed E-state index contributed by atoms with van der Waals surface area (Å²) in [5.41, 5.74) is 0. The van der Waals surface area contributed by atoms with Crippen molar-refractivity contribution in [3.63, 3.8) is 0 Å². The van der Waals surface area contributed by atoms with Crippen LogP contribution in [0.1, 0.15) is 33.1 Å². The molecule has 0 unspecified atom stereocenters. The van der Waals surface area contributed by atoms with Gasteiger partial charge in [0.1, 0.15) is 0 Å². The minimum Gasteiger partial charge on any atom is -0.487 e. The van der Waals surface area contributed by atoms with Crippen molar-refractivity contribution in [1.29, 1.82) is 5.26 Å². The summed E-state index contributed by atoms with van der Waals surface area (Å²) in [6, 6.07) is 6.56. The van der Waals surface area contributed by atoms with Crippen LogP contribution in [0.15, 0.2) is 18.3 Å². The summed E-state index contributed by atoms with van der Waals surface area (Å²) in [5.74, 6) is 1.70. The van der Waals surface area contributed by atoms with E-state index in [0.717, 1.165) is 18.1 Å². The summed E-state index contributed by atoms with van der Waals surface area (Å²) in [5, 5.41) is 8.75. The first-order valence-corrected chi connectivity index (χ1v) is 6.47. The number of rotatable bonds is 6. The number of anilines is 1. The van der Waals surface area contributed by atoms with Crippen LogP contribution in [0.2, 0.25) is 0 Å². The number of pyridine rings is 1. The van der Waals surface area contributed by atoms with Crippen LogP contribution < -0.4 is 9.64 Å². The Hall–Kier alpha value is -1.76. The highest BCUT2D eigenvalue weighted by Gasteiger charge is 2.31. The van der Waals surface area contributed by atoms with E-state index in [0.29, 0.717) is 12.5 Å². The van der Waals surface area contributed by atoms with Crippen LogP contribution >= 0.6 is 0 Å². The molecule has 1 aliphatic rings. The van der Waals surface area contributed by atoms with E-state index in [1.54, 1.807) is 6.20 Å². The molecule has 1 aromatic heterocycles. The van der Waals surface area contributed by atoms with Gasteiger partial charge in [-0.3, -0.25) is 0 Å². The Morgan fingerprint density at radius 1 is 1.56 bits per heavy atom. The highest BCUT2D eigenvalue weighted by Crippen LogP contribution is 2.35. The fraction of sp³-hybridized carbons (Fsp3) is 0.571. The molecule has 1 fully saturated rings. The molecule has 4 heteroatoms. The second-order valence-electron chi connectivity index (χ2n) is 4.82. The number of nitrogens with zero attached hydrogens (tertiary/aromatic N) is 3. The first-order chi connectivity index (χ1) is 8.72. The van der Waals surface area contributed by atoms with E-state index in [-0.39, 0.29) is 6.10 Å². The third kappa shape index (κ3) is 3.13. The zero-order chi connectivity index (χ0) is 13.0. The fourth-order valence-electron chi connectivity index (χ4n) is 1.96. The maximum atomic E-state index is 8.75. The van der Waals surface area contributed by atoms with E-state index >= 15 is 0 Å². The van der Waals surface area contributed by atoms with Crippen LogP contribution in [0.25, 0.3) is 0 Å².